The fraction of sp³-hybridized carbons (Fsp3) is 0.423. The first-order valence-corrected chi connectivity index (χ1v) is 11.9. The van der Waals surface area contributed by atoms with Gasteiger partial charge in [-0.25, -0.2) is 0 Å². The molecular weight excluding hydrogens is 438 g/mol. The number of ether oxygens (including phenoxy) is 2. The molecule has 6 nitrogen and oxygen atoms in total. The zero-order valence-electron chi connectivity index (χ0n) is 19.1. The molecule has 1 saturated heterocycles. The largest absolute Gasteiger partial charge is 0.494 e. The lowest BCUT2D eigenvalue weighted by Gasteiger charge is -2.38. The highest BCUT2D eigenvalue weighted by molar-refractivity contribution is 6.30. The van der Waals surface area contributed by atoms with Gasteiger partial charge in [0.25, 0.3) is 0 Å². The van der Waals surface area contributed by atoms with Crippen molar-refractivity contribution in [3.05, 3.63) is 77.1 Å². The molecule has 176 valence electrons. The van der Waals surface area contributed by atoms with Gasteiger partial charge in [-0.3, -0.25) is 9.58 Å². The maximum absolute atomic E-state index is 10.9. The molecule has 1 aliphatic heterocycles. The van der Waals surface area contributed by atoms with Crippen molar-refractivity contribution in [2.45, 2.75) is 44.9 Å². The van der Waals surface area contributed by atoms with Crippen molar-refractivity contribution in [3.8, 4) is 11.5 Å². The van der Waals surface area contributed by atoms with E-state index in [1.807, 2.05) is 54.3 Å². The molecule has 0 aliphatic carbocycles. The van der Waals surface area contributed by atoms with Crippen molar-refractivity contribution >= 4 is 11.6 Å². The predicted octanol–water partition coefficient (Wildman–Crippen LogP) is 4.72. The summed E-state index contributed by atoms with van der Waals surface area (Å²) in [4.78, 5) is 2.37. The maximum atomic E-state index is 10.9. The van der Waals surface area contributed by atoms with Crippen LogP contribution in [0.4, 0.5) is 0 Å². The van der Waals surface area contributed by atoms with Crippen LogP contribution in [-0.2, 0) is 13.1 Å². The lowest BCUT2D eigenvalue weighted by atomic mass is 9.92. The number of piperidine rings is 1. The normalized spacial score (nSPS) is 16.0. The summed E-state index contributed by atoms with van der Waals surface area (Å²) in [5.74, 6) is 1.59. The molecule has 1 N–H and O–H groups in total. The first kappa shape index (κ1) is 23.6. The lowest BCUT2D eigenvalue weighted by molar-refractivity contribution is -0.0537. The molecule has 1 fully saturated rings. The van der Waals surface area contributed by atoms with Crippen LogP contribution in [0.15, 0.2) is 60.9 Å². The Morgan fingerprint density at radius 1 is 1.06 bits per heavy atom. The van der Waals surface area contributed by atoms with Crippen molar-refractivity contribution in [1.29, 1.82) is 0 Å². The Kier molecular flexibility index (Phi) is 7.91. The van der Waals surface area contributed by atoms with Gasteiger partial charge in [0.2, 0.25) is 0 Å². The van der Waals surface area contributed by atoms with Crippen molar-refractivity contribution in [2.24, 2.45) is 0 Å². The number of aromatic nitrogens is 2. The summed E-state index contributed by atoms with van der Waals surface area (Å²) in [5, 5.41) is 15.9. The van der Waals surface area contributed by atoms with Gasteiger partial charge in [0, 0.05) is 43.8 Å². The van der Waals surface area contributed by atoms with E-state index >= 15 is 0 Å². The molecule has 2 heterocycles. The molecule has 0 amide bonds. The average Bonchev–Trinajstić information content (AvgIpc) is 3.23. The van der Waals surface area contributed by atoms with E-state index in [0.29, 0.717) is 30.2 Å². The van der Waals surface area contributed by atoms with E-state index in [-0.39, 0.29) is 6.61 Å². The first-order valence-electron chi connectivity index (χ1n) is 11.5. The molecule has 0 unspecified atom stereocenters. The Balaban J connectivity index is 1.19. The number of hydrogen-bond donors (Lipinski definition) is 1. The van der Waals surface area contributed by atoms with Gasteiger partial charge >= 0.3 is 0 Å². The van der Waals surface area contributed by atoms with Crippen molar-refractivity contribution in [1.82, 2.24) is 14.7 Å². The van der Waals surface area contributed by atoms with E-state index in [2.05, 4.69) is 22.1 Å². The van der Waals surface area contributed by atoms with E-state index in [1.54, 1.807) is 6.07 Å². The standard InChI is InChI=1S/C26H32ClN3O3/c1-21-17-28-30(18-21)11-4-14-32-24-7-2-5-22(15-24)19-29-12-9-26(31,10-13-29)20-33-25-8-3-6-23(27)16-25/h2-3,5-8,15-18,31H,4,9-14,19-20H2,1H3. The molecule has 0 atom stereocenters. The predicted molar refractivity (Wildman–Crippen MR) is 130 cm³/mol. The van der Waals surface area contributed by atoms with Crippen LogP contribution in [0.2, 0.25) is 5.02 Å². The Morgan fingerprint density at radius 3 is 2.55 bits per heavy atom. The van der Waals surface area contributed by atoms with Crippen molar-refractivity contribution in [3.63, 3.8) is 0 Å². The third-order valence-corrected chi connectivity index (χ3v) is 6.19. The highest BCUT2D eigenvalue weighted by atomic mass is 35.5. The second-order valence-electron chi connectivity index (χ2n) is 8.88. The first-order chi connectivity index (χ1) is 16.0. The smallest absolute Gasteiger partial charge is 0.120 e. The van der Waals surface area contributed by atoms with Crippen molar-refractivity contribution in [2.75, 3.05) is 26.3 Å². The maximum Gasteiger partial charge on any atom is 0.120 e. The SMILES string of the molecule is Cc1cnn(CCCOc2cccc(CN3CCC(O)(COc4cccc(Cl)c4)CC3)c2)c1. The highest BCUT2D eigenvalue weighted by Gasteiger charge is 2.33. The van der Waals surface area contributed by atoms with Crippen molar-refractivity contribution < 1.29 is 14.6 Å². The van der Waals surface area contributed by atoms with Crippen LogP contribution in [0.5, 0.6) is 11.5 Å². The number of aryl methyl sites for hydroxylation is 2. The molecule has 1 aliphatic rings. The third kappa shape index (κ3) is 7.22. The molecule has 4 rings (SSSR count). The minimum absolute atomic E-state index is 0.280. The second-order valence-corrected chi connectivity index (χ2v) is 9.31. The van der Waals surface area contributed by atoms with E-state index in [1.165, 1.54) is 11.1 Å². The fourth-order valence-electron chi connectivity index (χ4n) is 4.04. The van der Waals surface area contributed by atoms with E-state index in [4.69, 9.17) is 21.1 Å². The number of rotatable bonds is 10. The molecule has 1 aromatic heterocycles. The zero-order chi connectivity index (χ0) is 23.1. The summed E-state index contributed by atoms with van der Waals surface area (Å²) < 4.78 is 13.7. The van der Waals surface area contributed by atoms with Gasteiger partial charge in [-0.1, -0.05) is 29.8 Å². The van der Waals surface area contributed by atoms with Crippen LogP contribution in [0.3, 0.4) is 0 Å². The number of halogens is 1. The van der Waals surface area contributed by atoms with Crippen LogP contribution >= 0.6 is 11.6 Å². The zero-order valence-corrected chi connectivity index (χ0v) is 19.9. The molecule has 0 saturated carbocycles. The van der Waals surface area contributed by atoms with Gasteiger partial charge < -0.3 is 14.6 Å². The topological polar surface area (TPSA) is 59.8 Å². The molecule has 0 spiro atoms. The van der Waals surface area contributed by atoms with Crippen LogP contribution < -0.4 is 9.47 Å². The van der Waals surface area contributed by atoms with Crippen LogP contribution in [-0.4, -0.2) is 51.7 Å². The van der Waals surface area contributed by atoms with E-state index in [9.17, 15) is 5.11 Å². The summed E-state index contributed by atoms with van der Waals surface area (Å²) in [6.07, 6.45) is 6.18. The molecule has 0 radical (unpaired) electrons. The third-order valence-electron chi connectivity index (χ3n) is 5.96. The molecule has 7 heteroatoms. The van der Waals surface area contributed by atoms with Gasteiger partial charge in [-0.05, 0) is 61.2 Å². The monoisotopic (exact) mass is 469 g/mol. The van der Waals surface area contributed by atoms with Gasteiger partial charge in [0.15, 0.2) is 0 Å². The highest BCUT2D eigenvalue weighted by Crippen LogP contribution is 2.26. The van der Waals surface area contributed by atoms with Crippen LogP contribution in [0.1, 0.15) is 30.4 Å². The quantitative estimate of drug-likeness (QED) is 0.435. The van der Waals surface area contributed by atoms with Crippen LogP contribution in [0, 0.1) is 6.92 Å². The fourth-order valence-corrected chi connectivity index (χ4v) is 4.22. The molecular formula is C26H32ClN3O3. The summed E-state index contributed by atoms with van der Waals surface area (Å²) in [5.41, 5.74) is 1.58. The van der Waals surface area contributed by atoms with Gasteiger partial charge in [-0.2, -0.15) is 5.10 Å². The molecule has 3 aromatic rings. The Labute approximate surface area is 200 Å². The van der Waals surface area contributed by atoms with Crippen LogP contribution in [0.25, 0.3) is 0 Å². The minimum Gasteiger partial charge on any atom is -0.494 e. The molecule has 0 bridgehead atoms. The van der Waals surface area contributed by atoms with E-state index in [0.717, 1.165) is 38.3 Å². The Morgan fingerprint density at radius 2 is 1.82 bits per heavy atom. The number of nitrogens with zero attached hydrogens (tertiary/aromatic N) is 3. The molecule has 2 aromatic carbocycles. The van der Waals surface area contributed by atoms with E-state index < -0.39 is 5.60 Å². The number of aliphatic hydroxyl groups is 1. The summed E-state index contributed by atoms with van der Waals surface area (Å²) in [7, 11) is 0. The summed E-state index contributed by atoms with van der Waals surface area (Å²) in [6, 6.07) is 15.6. The summed E-state index contributed by atoms with van der Waals surface area (Å²) >= 11 is 6.01. The molecule has 33 heavy (non-hydrogen) atoms. The number of likely N-dealkylation sites (tertiary alicyclic amines) is 1. The van der Waals surface area contributed by atoms with Gasteiger partial charge in [-0.15, -0.1) is 0 Å². The lowest BCUT2D eigenvalue weighted by Crippen LogP contribution is -2.47. The summed E-state index contributed by atoms with van der Waals surface area (Å²) in [6.45, 7) is 6.32. The van der Waals surface area contributed by atoms with Gasteiger partial charge in [0.05, 0.1) is 12.8 Å². The Hall–Kier alpha value is -2.54. The van der Waals surface area contributed by atoms with Gasteiger partial charge in [0.1, 0.15) is 23.7 Å². The Bertz CT molecular complexity index is 1030. The number of hydrogen-bond acceptors (Lipinski definition) is 5. The average molecular weight is 470 g/mol. The minimum atomic E-state index is -0.809. The number of benzene rings is 2. The second kappa shape index (κ2) is 11.1.